The number of aryl methyl sites for hydroxylation is 1. The summed E-state index contributed by atoms with van der Waals surface area (Å²) in [6, 6.07) is 14.5. The van der Waals surface area contributed by atoms with E-state index in [0.29, 0.717) is 42.8 Å². The molecule has 2 N–H and O–H groups in total. The number of hydrogen-bond donors (Lipinski definition) is 1. The van der Waals surface area contributed by atoms with Gasteiger partial charge in [-0.1, -0.05) is 18.2 Å². The monoisotopic (exact) mass is 591 g/mol. The summed E-state index contributed by atoms with van der Waals surface area (Å²) >= 11 is 0. The number of rotatable bonds is 7. The Kier molecular flexibility index (Phi) is 6.24. The average Bonchev–Trinajstić information content (AvgIpc) is 3.38. The SMILES string of the molecule is COc1cc(C(=O)N2C[C@H]3CC[C@@H]2[C@@H]3N)cc2nc(-c3cc4cccc(C5CN(C(=O)CC#N)C5)c4n3CC3CC3)n(C)c12. The van der Waals surface area contributed by atoms with Crippen LogP contribution in [0.3, 0.4) is 0 Å². The van der Waals surface area contributed by atoms with Crippen molar-refractivity contribution in [3.63, 3.8) is 0 Å². The molecule has 2 saturated carbocycles. The molecular weight excluding hydrogens is 554 g/mol. The molecule has 0 unspecified atom stereocenters. The third-order valence-electron chi connectivity index (χ3n) is 10.5. The van der Waals surface area contributed by atoms with E-state index in [4.69, 9.17) is 20.7 Å². The van der Waals surface area contributed by atoms with Gasteiger partial charge in [0.25, 0.3) is 5.91 Å². The summed E-state index contributed by atoms with van der Waals surface area (Å²) in [4.78, 5) is 34.9. The number of nitrogens with zero attached hydrogens (tertiary/aromatic N) is 6. The van der Waals surface area contributed by atoms with Gasteiger partial charge in [0.1, 0.15) is 17.7 Å². The first-order valence-corrected chi connectivity index (χ1v) is 15.7. The predicted octanol–water partition coefficient (Wildman–Crippen LogP) is 4.01. The second-order valence-electron chi connectivity index (χ2n) is 13.2. The van der Waals surface area contributed by atoms with E-state index in [0.717, 1.165) is 47.3 Å². The number of para-hydroxylation sites is 1. The topological polar surface area (TPSA) is 122 Å². The molecule has 2 aliphatic carbocycles. The van der Waals surface area contributed by atoms with Crippen LogP contribution in [-0.4, -0.2) is 74.6 Å². The van der Waals surface area contributed by atoms with E-state index in [2.05, 4.69) is 33.4 Å². The van der Waals surface area contributed by atoms with Crippen LogP contribution in [0.5, 0.6) is 5.75 Å². The number of benzene rings is 2. The molecule has 226 valence electrons. The van der Waals surface area contributed by atoms with E-state index >= 15 is 0 Å². The van der Waals surface area contributed by atoms with E-state index in [-0.39, 0.29) is 36.2 Å². The van der Waals surface area contributed by atoms with Gasteiger partial charge in [0.15, 0.2) is 5.82 Å². The first-order chi connectivity index (χ1) is 21.4. The van der Waals surface area contributed by atoms with Gasteiger partial charge in [0.2, 0.25) is 5.91 Å². The number of carbonyl (C=O) groups excluding carboxylic acids is 2. The van der Waals surface area contributed by atoms with Gasteiger partial charge in [-0.25, -0.2) is 4.98 Å². The molecular formula is C34H37N7O3. The van der Waals surface area contributed by atoms with Gasteiger partial charge in [0.05, 0.1) is 29.9 Å². The lowest BCUT2D eigenvalue weighted by Gasteiger charge is -2.39. The van der Waals surface area contributed by atoms with Crippen LogP contribution in [0.4, 0.5) is 0 Å². The Hall–Kier alpha value is -4.36. The molecule has 3 atom stereocenters. The first kappa shape index (κ1) is 27.2. The van der Waals surface area contributed by atoms with E-state index in [9.17, 15) is 9.59 Å². The lowest BCUT2D eigenvalue weighted by atomic mass is 9.89. The molecule has 0 radical (unpaired) electrons. The Morgan fingerprint density at radius 2 is 1.91 bits per heavy atom. The minimum Gasteiger partial charge on any atom is -0.494 e. The maximum absolute atomic E-state index is 13.7. The maximum Gasteiger partial charge on any atom is 0.254 e. The lowest BCUT2D eigenvalue weighted by molar-refractivity contribution is -0.134. The van der Waals surface area contributed by atoms with Crippen LogP contribution in [0.15, 0.2) is 36.4 Å². The molecule has 10 heteroatoms. The Labute approximate surface area is 256 Å². The molecule has 2 bridgehead atoms. The van der Waals surface area contributed by atoms with Crippen molar-refractivity contribution in [3.05, 3.63) is 47.5 Å². The van der Waals surface area contributed by atoms with Gasteiger partial charge >= 0.3 is 0 Å². The zero-order valence-corrected chi connectivity index (χ0v) is 25.2. The van der Waals surface area contributed by atoms with Crippen molar-refractivity contribution in [2.75, 3.05) is 26.7 Å². The van der Waals surface area contributed by atoms with Crippen molar-refractivity contribution in [1.82, 2.24) is 23.9 Å². The molecule has 2 aromatic carbocycles. The highest BCUT2D eigenvalue weighted by atomic mass is 16.5. The number of likely N-dealkylation sites (tertiary alicyclic amines) is 2. The maximum atomic E-state index is 13.7. The van der Waals surface area contributed by atoms with Crippen molar-refractivity contribution in [3.8, 4) is 23.3 Å². The van der Waals surface area contributed by atoms with E-state index in [1.807, 2.05) is 30.1 Å². The van der Waals surface area contributed by atoms with Crippen molar-refractivity contribution >= 4 is 33.8 Å². The lowest BCUT2D eigenvalue weighted by Crippen LogP contribution is -2.48. The highest BCUT2D eigenvalue weighted by Crippen LogP contribution is 2.42. The van der Waals surface area contributed by atoms with Crippen LogP contribution in [0.1, 0.15) is 53.9 Å². The molecule has 0 spiro atoms. The average molecular weight is 592 g/mol. The number of piperidine rings is 1. The van der Waals surface area contributed by atoms with Gasteiger partial charge in [-0.3, -0.25) is 9.59 Å². The molecule has 2 amide bonds. The number of hydrogen-bond acceptors (Lipinski definition) is 6. The van der Waals surface area contributed by atoms with Crippen LogP contribution < -0.4 is 10.5 Å². The van der Waals surface area contributed by atoms with Crippen LogP contribution >= 0.6 is 0 Å². The Balaban J connectivity index is 1.20. The van der Waals surface area contributed by atoms with Crippen LogP contribution in [0.25, 0.3) is 33.5 Å². The standard InChI is InChI=1S/C34H37N7O3/c1-38-32-25(12-22(14-28(32)44-2)34(43)41-18-21-8-9-26(41)30(21)36)37-33(38)27-13-20-4-3-5-24(31(20)40(27)15-19-6-7-19)23-16-39(17-23)29(42)10-11-35/h3-5,12-14,19,21,23,26,30H,6-10,15-18,36H2,1-2H3/t21-,26-,30-/m1/s1. The summed E-state index contributed by atoms with van der Waals surface area (Å²) in [5.41, 5.74) is 12.1. The summed E-state index contributed by atoms with van der Waals surface area (Å²) in [7, 11) is 3.65. The largest absolute Gasteiger partial charge is 0.494 e. The number of ether oxygens (including phenoxy) is 1. The molecule has 44 heavy (non-hydrogen) atoms. The molecule has 2 aromatic heterocycles. The number of imidazole rings is 1. The molecule has 8 rings (SSSR count). The van der Waals surface area contributed by atoms with Gasteiger partial charge in [-0.05, 0) is 61.3 Å². The molecule has 4 fully saturated rings. The fourth-order valence-electron chi connectivity index (χ4n) is 7.94. The number of nitriles is 1. The number of methoxy groups -OCH3 is 1. The van der Waals surface area contributed by atoms with Crippen molar-refractivity contribution in [1.29, 1.82) is 5.26 Å². The Bertz CT molecular complexity index is 1870. The Morgan fingerprint density at radius 3 is 2.59 bits per heavy atom. The second-order valence-corrected chi connectivity index (χ2v) is 13.2. The zero-order chi connectivity index (χ0) is 30.3. The number of carbonyl (C=O) groups is 2. The molecule has 2 saturated heterocycles. The van der Waals surface area contributed by atoms with Crippen molar-refractivity contribution in [2.45, 2.75) is 56.7 Å². The number of nitrogens with two attached hydrogens (primary N) is 1. The summed E-state index contributed by atoms with van der Waals surface area (Å²) in [5.74, 6) is 2.59. The molecule has 10 nitrogen and oxygen atoms in total. The molecule has 2 aliphatic heterocycles. The normalized spacial score (nSPS) is 23.0. The van der Waals surface area contributed by atoms with E-state index in [1.165, 1.54) is 23.9 Å². The van der Waals surface area contributed by atoms with Gasteiger partial charge < -0.3 is 29.4 Å². The highest BCUT2D eigenvalue weighted by Gasteiger charge is 2.47. The third kappa shape index (κ3) is 4.13. The summed E-state index contributed by atoms with van der Waals surface area (Å²) in [6.07, 6.45) is 4.41. The second kappa shape index (κ2) is 10.1. The quantitative estimate of drug-likeness (QED) is 0.347. The number of fused-ring (bicyclic) bond motifs is 4. The molecule has 4 heterocycles. The van der Waals surface area contributed by atoms with E-state index in [1.54, 1.807) is 12.0 Å². The van der Waals surface area contributed by atoms with Crippen LogP contribution in [-0.2, 0) is 18.4 Å². The smallest absolute Gasteiger partial charge is 0.254 e. The number of aromatic nitrogens is 3. The van der Waals surface area contributed by atoms with Gasteiger partial charge in [-0.15, -0.1) is 0 Å². The van der Waals surface area contributed by atoms with Gasteiger partial charge in [0, 0.05) is 62.2 Å². The summed E-state index contributed by atoms with van der Waals surface area (Å²) in [5, 5.41) is 10.1. The van der Waals surface area contributed by atoms with Crippen LogP contribution in [0.2, 0.25) is 0 Å². The summed E-state index contributed by atoms with van der Waals surface area (Å²) < 4.78 is 10.4. The minimum absolute atomic E-state index is 0.00432. The third-order valence-corrected chi connectivity index (χ3v) is 10.5. The van der Waals surface area contributed by atoms with Crippen molar-refractivity contribution < 1.29 is 14.3 Å². The zero-order valence-electron chi connectivity index (χ0n) is 25.2. The first-order valence-electron chi connectivity index (χ1n) is 15.7. The van der Waals surface area contributed by atoms with E-state index < -0.39 is 0 Å². The Morgan fingerprint density at radius 1 is 1.09 bits per heavy atom. The van der Waals surface area contributed by atoms with Crippen molar-refractivity contribution in [2.24, 2.45) is 24.6 Å². The fourth-order valence-corrected chi connectivity index (χ4v) is 7.94. The molecule has 4 aliphatic rings. The summed E-state index contributed by atoms with van der Waals surface area (Å²) in [6.45, 7) is 2.88. The minimum atomic E-state index is -0.100. The highest BCUT2D eigenvalue weighted by molar-refractivity contribution is 6.00. The predicted molar refractivity (Wildman–Crippen MR) is 166 cm³/mol. The number of amides is 2. The fraction of sp³-hybridized carbons (Fsp3) is 0.471. The van der Waals surface area contributed by atoms with Gasteiger partial charge in [-0.2, -0.15) is 5.26 Å². The van der Waals surface area contributed by atoms with Crippen LogP contribution in [0, 0.1) is 23.2 Å². The molecule has 4 aromatic rings.